The fraction of sp³-hybridized carbons (Fsp3) is 0.529. The van der Waals surface area contributed by atoms with Crippen LogP contribution < -0.4 is 5.32 Å². The molecule has 1 saturated heterocycles. The maximum Gasteiger partial charge on any atom is 0.407 e. The molecule has 3 aromatic rings. The average Bonchev–Trinajstić information content (AvgIpc) is 3.30. The lowest BCUT2D eigenvalue weighted by Crippen LogP contribution is -2.44. The van der Waals surface area contributed by atoms with Crippen molar-refractivity contribution in [2.75, 3.05) is 20.2 Å². The van der Waals surface area contributed by atoms with Gasteiger partial charge in [0.15, 0.2) is 0 Å². The second-order valence-corrected chi connectivity index (χ2v) is 12.9. The summed E-state index contributed by atoms with van der Waals surface area (Å²) in [5.74, 6) is 0.494. The minimum Gasteiger partial charge on any atom is -0.445 e. The van der Waals surface area contributed by atoms with Gasteiger partial charge in [0.2, 0.25) is 0 Å². The Balaban J connectivity index is 1.33. The second-order valence-electron chi connectivity index (χ2n) is 12.9. The summed E-state index contributed by atoms with van der Waals surface area (Å²) in [5.41, 5.74) is 3.86. The molecule has 2 aromatic carbocycles. The molecule has 0 unspecified atom stereocenters. The van der Waals surface area contributed by atoms with Crippen molar-refractivity contribution in [2.45, 2.75) is 84.5 Å². The first-order valence-electron chi connectivity index (χ1n) is 15.3. The van der Waals surface area contributed by atoms with E-state index in [4.69, 9.17) is 9.57 Å². The number of halogens is 1. The quantitative estimate of drug-likeness (QED) is 0.224. The highest BCUT2D eigenvalue weighted by Crippen LogP contribution is 2.40. The van der Waals surface area contributed by atoms with E-state index in [1.54, 1.807) is 12.3 Å². The number of amides is 1. The van der Waals surface area contributed by atoms with E-state index in [9.17, 15) is 9.18 Å². The first kappa shape index (κ1) is 30.1. The van der Waals surface area contributed by atoms with Crippen LogP contribution >= 0.6 is 0 Å². The first-order chi connectivity index (χ1) is 20.2. The smallest absolute Gasteiger partial charge is 0.407 e. The molecule has 2 heterocycles. The lowest BCUT2D eigenvalue weighted by Gasteiger charge is -2.44. The number of carbonyl (C=O) groups excluding carboxylic acids is 1. The maximum atomic E-state index is 14.5. The fourth-order valence-corrected chi connectivity index (χ4v) is 6.96. The Morgan fingerprint density at radius 2 is 1.74 bits per heavy atom. The Morgan fingerprint density at radius 3 is 2.40 bits per heavy atom. The molecular formula is C34H45FN4O3. The van der Waals surface area contributed by atoms with E-state index in [1.165, 1.54) is 38.9 Å². The average molecular weight is 577 g/mol. The van der Waals surface area contributed by atoms with Crippen LogP contribution in [-0.2, 0) is 22.7 Å². The summed E-state index contributed by atoms with van der Waals surface area (Å²) >= 11 is 0. The van der Waals surface area contributed by atoms with Gasteiger partial charge in [-0.3, -0.25) is 0 Å². The Morgan fingerprint density at radius 1 is 1.02 bits per heavy atom. The number of nitrogens with one attached hydrogen (secondary N) is 1. The molecule has 1 N–H and O–H groups in total. The van der Waals surface area contributed by atoms with Gasteiger partial charge in [0.05, 0.1) is 12.8 Å². The van der Waals surface area contributed by atoms with Gasteiger partial charge >= 0.3 is 6.09 Å². The second kappa shape index (κ2) is 13.3. The molecule has 1 saturated carbocycles. The number of nitrogens with zero attached hydrogens (tertiary/aromatic N) is 3. The van der Waals surface area contributed by atoms with Crippen LogP contribution in [-0.4, -0.2) is 48.0 Å². The molecule has 7 nitrogen and oxygen atoms in total. The third-order valence-electron chi connectivity index (χ3n) is 9.31. The van der Waals surface area contributed by atoms with Crippen molar-refractivity contribution >= 4 is 23.2 Å². The van der Waals surface area contributed by atoms with Crippen LogP contribution in [0.3, 0.4) is 0 Å². The van der Waals surface area contributed by atoms with Crippen molar-refractivity contribution in [3.8, 4) is 0 Å². The first-order valence-corrected chi connectivity index (χ1v) is 15.3. The number of carbonyl (C=O) groups is 1. The Hall–Kier alpha value is -3.39. The van der Waals surface area contributed by atoms with Crippen LogP contribution in [0.2, 0.25) is 0 Å². The largest absolute Gasteiger partial charge is 0.445 e. The number of oxime groups is 1. The van der Waals surface area contributed by atoms with Crippen LogP contribution in [0.4, 0.5) is 9.18 Å². The number of benzene rings is 2. The SMILES string of the molecule is CON=Cc1c(CNC(=O)OCc2ccccc2)n(C2CCN(C3CCC(C(C)(C)C)CC3)CC2)c2ccc(F)cc12. The Kier molecular flexibility index (Phi) is 9.51. The van der Waals surface area contributed by atoms with Crippen LogP contribution in [0, 0.1) is 17.2 Å². The van der Waals surface area contributed by atoms with Crippen molar-refractivity contribution in [3.05, 3.63) is 71.2 Å². The molecule has 226 valence electrons. The van der Waals surface area contributed by atoms with Gasteiger partial charge in [-0.15, -0.1) is 0 Å². The third-order valence-corrected chi connectivity index (χ3v) is 9.31. The number of alkyl carbamates (subject to hydrolysis) is 1. The lowest BCUT2D eigenvalue weighted by molar-refractivity contribution is 0.0719. The molecule has 8 heteroatoms. The van der Waals surface area contributed by atoms with Gasteiger partial charge in [-0.2, -0.15) is 0 Å². The van der Waals surface area contributed by atoms with Crippen molar-refractivity contribution in [1.29, 1.82) is 0 Å². The standard InChI is InChI=1S/C34H45FN4O3/c1-34(2,3)25-10-13-27(14-11-25)38-18-16-28(17-19-38)39-31-15-12-26(35)20-29(31)30(21-37-41-4)32(39)22-36-33(40)42-23-24-8-6-5-7-9-24/h5-9,12,15,20-21,25,27-28H,10-11,13-14,16-19,22-23H2,1-4H3,(H,36,40). The van der Waals surface area contributed by atoms with Gasteiger partial charge in [-0.25, -0.2) is 9.18 Å². The normalized spacial score (nSPS) is 20.7. The Labute approximate surface area is 249 Å². The molecule has 42 heavy (non-hydrogen) atoms. The summed E-state index contributed by atoms with van der Waals surface area (Å²) in [4.78, 5) is 20.4. The van der Waals surface area contributed by atoms with Crippen LogP contribution in [0.15, 0.2) is 53.7 Å². The zero-order chi connectivity index (χ0) is 29.7. The van der Waals surface area contributed by atoms with Gasteiger partial charge in [-0.05, 0) is 73.6 Å². The molecule has 1 aliphatic heterocycles. The zero-order valence-corrected chi connectivity index (χ0v) is 25.4. The molecule has 1 aliphatic carbocycles. The van der Waals surface area contributed by atoms with Gasteiger partial charge in [0.25, 0.3) is 0 Å². The summed E-state index contributed by atoms with van der Waals surface area (Å²) < 4.78 is 22.2. The third kappa shape index (κ3) is 6.97. The maximum absolute atomic E-state index is 14.5. The highest BCUT2D eigenvalue weighted by Gasteiger charge is 2.34. The minimum absolute atomic E-state index is 0.189. The van der Waals surface area contributed by atoms with Crippen LogP contribution in [0.5, 0.6) is 0 Å². The molecule has 5 rings (SSSR count). The lowest BCUT2D eigenvalue weighted by atomic mass is 9.71. The number of rotatable bonds is 8. The molecule has 2 aliphatic rings. The van der Waals surface area contributed by atoms with Gasteiger partial charge in [0, 0.05) is 47.3 Å². The number of likely N-dealkylation sites (tertiary alicyclic amines) is 1. The molecule has 0 atom stereocenters. The molecule has 0 spiro atoms. The molecule has 2 fully saturated rings. The summed E-state index contributed by atoms with van der Waals surface area (Å²) in [7, 11) is 1.49. The van der Waals surface area contributed by atoms with Gasteiger partial charge < -0.3 is 24.4 Å². The number of hydrogen-bond donors (Lipinski definition) is 1. The minimum atomic E-state index is -0.503. The topological polar surface area (TPSA) is 68.1 Å². The molecule has 0 radical (unpaired) electrons. The predicted molar refractivity (Wildman–Crippen MR) is 165 cm³/mol. The van der Waals surface area contributed by atoms with Gasteiger partial charge in [-0.1, -0.05) is 56.3 Å². The number of hydrogen-bond acceptors (Lipinski definition) is 5. The fourth-order valence-electron chi connectivity index (χ4n) is 6.96. The van der Waals surface area contributed by atoms with Crippen molar-refractivity contribution in [3.63, 3.8) is 0 Å². The molecular weight excluding hydrogens is 531 g/mol. The van der Waals surface area contributed by atoms with Crippen molar-refractivity contribution < 1.29 is 18.8 Å². The van der Waals surface area contributed by atoms with E-state index >= 15 is 0 Å². The van der Waals surface area contributed by atoms with E-state index in [-0.39, 0.29) is 25.0 Å². The monoisotopic (exact) mass is 576 g/mol. The Bertz CT molecular complexity index is 1360. The summed E-state index contributed by atoms with van der Waals surface area (Å²) in [6, 6.07) is 15.4. The molecule has 0 bridgehead atoms. The summed E-state index contributed by atoms with van der Waals surface area (Å²) in [6.45, 7) is 9.60. The highest BCUT2D eigenvalue weighted by atomic mass is 19.1. The van der Waals surface area contributed by atoms with Crippen LogP contribution in [0.25, 0.3) is 10.9 Å². The number of ether oxygens (including phenoxy) is 1. The van der Waals surface area contributed by atoms with E-state index in [0.717, 1.165) is 59.6 Å². The summed E-state index contributed by atoms with van der Waals surface area (Å²) in [6.07, 6.45) is 8.26. The van der Waals surface area contributed by atoms with Gasteiger partial charge in [0.1, 0.15) is 19.5 Å². The van der Waals surface area contributed by atoms with Crippen molar-refractivity contribution in [2.24, 2.45) is 16.5 Å². The molecule has 1 amide bonds. The molecule has 1 aromatic heterocycles. The van der Waals surface area contributed by atoms with Crippen LogP contribution in [0.1, 0.15) is 82.2 Å². The van der Waals surface area contributed by atoms with E-state index < -0.39 is 6.09 Å². The summed E-state index contributed by atoms with van der Waals surface area (Å²) in [5, 5.41) is 7.71. The van der Waals surface area contributed by atoms with Crippen molar-refractivity contribution in [1.82, 2.24) is 14.8 Å². The number of fused-ring (bicyclic) bond motifs is 1. The van der Waals surface area contributed by atoms with E-state index in [0.29, 0.717) is 11.5 Å². The zero-order valence-electron chi connectivity index (χ0n) is 25.4. The van der Waals surface area contributed by atoms with E-state index in [1.807, 2.05) is 36.4 Å². The number of piperidine rings is 1. The van der Waals surface area contributed by atoms with E-state index in [2.05, 4.69) is 40.7 Å². The predicted octanol–water partition coefficient (Wildman–Crippen LogP) is 7.43. The number of aromatic nitrogens is 1. The highest BCUT2D eigenvalue weighted by molar-refractivity contribution is 6.01.